The highest BCUT2D eigenvalue weighted by molar-refractivity contribution is 7.09. The number of nitrogens with one attached hydrogen (secondary N) is 1. The predicted octanol–water partition coefficient (Wildman–Crippen LogP) is 0.985. The fourth-order valence-corrected chi connectivity index (χ4v) is 1.30. The van der Waals surface area contributed by atoms with E-state index in [0.29, 0.717) is 12.6 Å². The monoisotopic (exact) mass is 173 g/mol. The molecule has 0 spiro atoms. The van der Waals surface area contributed by atoms with E-state index in [1.807, 2.05) is 6.92 Å². The first-order chi connectivity index (χ1) is 5.33. The van der Waals surface area contributed by atoms with Crippen molar-refractivity contribution in [3.8, 4) is 0 Å². The Morgan fingerprint density at radius 2 is 2.64 bits per heavy atom. The van der Waals surface area contributed by atoms with E-state index in [1.54, 1.807) is 13.3 Å². The van der Waals surface area contributed by atoms with Crippen molar-refractivity contribution in [3.05, 3.63) is 6.20 Å². The first-order valence-corrected chi connectivity index (χ1v) is 4.13. The standard InChI is InChI=1S/C6H11N3OS/c1-5(4-10-2)8-6-3-7-9-11-6/h3,5,8H,4H2,1-2H3. The van der Waals surface area contributed by atoms with Gasteiger partial charge >= 0.3 is 0 Å². The number of hydrogen-bond donors (Lipinski definition) is 1. The quantitative estimate of drug-likeness (QED) is 0.737. The van der Waals surface area contributed by atoms with Gasteiger partial charge in [0.1, 0.15) is 5.00 Å². The number of anilines is 1. The maximum atomic E-state index is 4.95. The molecule has 0 aliphatic carbocycles. The molecule has 1 N–H and O–H groups in total. The van der Waals surface area contributed by atoms with Gasteiger partial charge in [0.25, 0.3) is 0 Å². The lowest BCUT2D eigenvalue weighted by molar-refractivity contribution is 0.190. The van der Waals surface area contributed by atoms with E-state index in [-0.39, 0.29) is 0 Å². The van der Waals surface area contributed by atoms with Crippen molar-refractivity contribution >= 4 is 16.5 Å². The van der Waals surface area contributed by atoms with Crippen molar-refractivity contribution in [2.45, 2.75) is 13.0 Å². The number of methoxy groups -OCH3 is 1. The Morgan fingerprint density at radius 1 is 1.82 bits per heavy atom. The molecule has 5 heteroatoms. The third kappa shape index (κ3) is 2.81. The van der Waals surface area contributed by atoms with E-state index < -0.39 is 0 Å². The second-order valence-electron chi connectivity index (χ2n) is 2.28. The van der Waals surface area contributed by atoms with Crippen LogP contribution < -0.4 is 5.32 Å². The minimum absolute atomic E-state index is 0.308. The number of hydrogen-bond acceptors (Lipinski definition) is 5. The largest absolute Gasteiger partial charge is 0.383 e. The summed E-state index contributed by atoms with van der Waals surface area (Å²) in [6, 6.07) is 0.308. The Hall–Kier alpha value is -0.680. The highest BCUT2D eigenvalue weighted by Gasteiger charge is 2.01. The van der Waals surface area contributed by atoms with Gasteiger partial charge in [-0.2, -0.15) is 0 Å². The van der Waals surface area contributed by atoms with Crippen molar-refractivity contribution in [2.75, 3.05) is 19.0 Å². The highest BCUT2D eigenvalue weighted by atomic mass is 32.1. The summed E-state index contributed by atoms with van der Waals surface area (Å²) in [6.07, 6.45) is 1.71. The minimum Gasteiger partial charge on any atom is -0.383 e. The minimum atomic E-state index is 0.308. The van der Waals surface area contributed by atoms with E-state index in [4.69, 9.17) is 4.74 Å². The Labute approximate surface area is 69.7 Å². The fraction of sp³-hybridized carbons (Fsp3) is 0.667. The fourth-order valence-electron chi connectivity index (χ4n) is 0.765. The molecule has 1 unspecified atom stereocenters. The van der Waals surface area contributed by atoms with Crippen molar-refractivity contribution in [1.82, 2.24) is 9.59 Å². The molecule has 0 fully saturated rings. The maximum Gasteiger partial charge on any atom is 0.130 e. The summed E-state index contributed by atoms with van der Waals surface area (Å²) in [7, 11) is 1.68. The van der Waals surface area contributed by atoms with Gasteiger partial charge in [-0.1, -0.05) is 4.49 Å². The zero-order chi connectivity index (χ0) is 8.10. The molecule has 0 aromatic carbocycles. The van der Waals surface area contributed by atoms with E-state index >= 15 is 0 Å². The Bertz CT molecular complexity index is 190. The lowest BCUT2D eigenvalue weighted by Gasteiger charge is -2.10. The average molecular weight is 173 g/mol. The van der Waals surface area contributed by atoms with Gasteiger partial charge in [-0.05, 0) is 6.92 Å². The molecule has 4 nitrogen and oxygen atoms in total. The number of rotatable bonds is 4. The number of nitrogens with zero attached hydrogens (tertiary/aromatic N) is 2. The van der Waals surface area contributed by atoms with Crippen LogP contribution in [0.15, 0.2) is 6.20 Å². The van der Waals surface area contributed by atoms with Crippen LogP contribution >= 0.6 is 11.5 Å². The van der Waals surface area contributed by atoms with Gasteiger partial charge in [0, 0.05) is 24.7 Å². The van der Waals surface area contributed by atoms with E-state index in [9.17, 15) is 0 Å². The van der Waals surface area contributed by atoms with Crippen LogP contribution in [0.3, 0.4) is 0 Å². The van der Waals surface area contributed by atoms with Gasteiger partial charge in [-0.3, -0.25) is 0 Å². The molecule has 62 valence electrons. The normalized spacial score (nSPS) is 12.9. The molecule has 0 radical (unpaired) electrons. The predicted molar refractivity (Wildman–Crippen MR) is 44.9 cm³/mol. The van der Waals surface area contributed by atoms with Crippen LogP contribution in [0.2, 0.25) is 0 Å². The van der Waals surface area contributed by atoms with Crippen LogP contribution in [-0.2, 0) is 4.74 Å². The molecular weight excluding hydrogens is 162 g/mol. The molecule has 1 aromatic rings. The van der Waals surface area contributed by atoms with Gasteiger partial charge in [-0.25, -0.2) is 0 Å². The van der Waals surface area contributed by atoms with E-state index in [1.165, 1.54) is 11.5 Å². The van der Waals surface area contributed by atoms with Crippen LogP contribution in [0.4, 0.5) is 5.00 Å². The van der Waals surface area contributed by atoms with Crippen LogP contribution in [0.25, 0.3) is 0 Å². The van der Waals surface area contributed by atoms with Crippen molar-refractivity contribution in [3.63, 3.8) is 0 Å². The van der Waals surface area contributed by atoms with Gasteiger partial charge in [0.05, 0.1) is 12.8 Å². The molecule has 0 saturated carbocycles. The van der Waals surface area contributed by atoms with Crippen LogP contribution in [-0.4, -0.2) is 29.3 Å². The Morgan fingerprint density at radius 3 is 3.18 bits per heavy atom. The average Bonchev–Trinajstić information content (AvgIpc) is 2.40. The zero-order valence-electron chi connectivity index (χ0n) is 6.57. The number of aromatic nitrogens is 2. The first kappa shape index (κ1) is 8.42. The van der Waals surface area contributed by atoms with Crippen LogP contribution in [0, 0.1) is 0 Å². The van der Waals surface area contributed by atoms with Crippen LogP contribution in [0.5, 0.6) is 0 Å². The molecular formula is C6H11N3OS. The molecule has 11 heavy (non-hydrogen) atoms. The highest BCUT2D eigenvalue weighted by Crippen LogP contribution is 2.10. The lowest BCUT2D eigenvalue weighted by atomic mass is 10.4. The molecule has 0 bridgehead atoms. The lowest BCUT2D eigenvalue weighted by Crippen LogP contribution is -2.19. The Balaban J connectivity index is 2.31. The second kappa shape index (κ2) is 4.25. The van der Waals surface area contributed by atoms with Crippen molar-refractivity contribution in [2.24, 2.45) is 0 Å². The second-order valence-corrected chi connectivity index (χ2v) is 3.07. The van der Waals surface area contributed by atoms with E-state index in [0.717, 1.165) is 5.00 Å². The molecule has 0 aliphatic rings. The summed E-state index contributed by atoms with van der Waals surface area (Å²) in [5, 5.41) is 7.87. The molecule has 0 saturated heterocycles. The van der Waals surface area contributed by atoms with Crippen molar-refractivity contribution in [1.29, 1.82) is 0 Å². The summed E-state index contributed by atoms with van der Waals surface area (Å²) in [4.78, 5) is 0. The molecule has 1 atom stereocenters. The third-order valence-corrected chi connectivity index (χ3v) is 1.76. The number of ether oxygens (including phenoxy) is 1. The summed E-state index contributed by atoms with van der Waals surface area (Å²) in [5.41, 5.74) is 0. The smallest absolute Gasteiger partial charge is 0.130 e. The Kier molecular flexibility index (Phi) is 3.25. The third-order valence-electron chi connectivity index (χ3n) is 1.17. The summed E-state index contributed by atoms with van der Waals surface area (Å²) < 4.78 is 8.68. The van der Waals surface area contributed by atoms with E-state index in [2.05, 4.69) is 14.9 Å². The molecule has 0 amide bonds. The molecule has 1 heterocycles. The van der Waals surface area contributed by atoms with Crippen LogP contribution in [0.1, 0.15) is 6.92 Å². The van der Waals surface area contributed by atoms with Gasteiger partial charge in [0.2, 0.25) is 0 Å². The van der Waals surface area contributed by atoms with Gasteiger partial charge < -0.3 is 10.1 Å². The maximum absolute atomic E-state index is 4.95. The first-order valence-electron chi connectivity index (χ1n) is 3.35. The molecule has 1 rings (SSSR count). The van der Waals surface area contributed by atoms with Gasteiger partial charge in [0.15, 0.2) is 0 Å². The molecule has 1 aromatic heterocycles. The summed E-state index contributed by atoms with van der Waals surface area (Å²) in [5.74, 6) is 0. The van der Waals surface area contributed by atoms with Gasteiger partial charge in [-0.15, -0.1) is 5.10 Å². The summed E-state index contributed by atoms with van der Waals surface area (Å²) in [6.45, 7) is 2.74. The SMILES string of the molecule is COCC(C)Nc1cnns1. The summed E-state index contributed by atoms with van der Waals surface area (Å²) >= 11 is 1.35. The van der Waals surface area contributed by atoms with Crippen molar-refractivity contribution < 1.29 is 4.74 Å². The topological polar surface area (TPSA) is 47.0 Å². The molecule has 0 aliphatic heterocycles. The zero-order valence-corrected chi connectivity index (χ0v) is 7.39.